The van der Waals surface area contributed by atoms with Crippen LogP contribution in [0, 0.1) is 12.7 Å². The topological polar surface area (TPSA) is 12.0 Å². The van der Waals surface area contributed by atoms with Crippen LogP contribution in [0.15, 0.2) is 36.4 Å². The molecule has 2 aromatic rings. The van der Waals surface area contributed by atoms with Crippen molar-refractivity contribution >= 4 is 28.9 Å². The molecule has 4 heteroatoms. The van der Waals surface area contributed by atoms with E-state index in [9.17, 15) is 4.39 Å². The van der Waals surface area contributed by atoms with Gasteiger partial charge >= 0.3 is 0 Å². The average Bonchev–Trinajstić information content (AvgIpc) is 2.36. The van der Waals surface area contributed by atoms with Gasteiger partial charge in [0.05, 0.1) is 21.8 Å². The van der Waals surface area contributed by atoms with Gasteiger partial charge in [-0.3, -0.25) is 0 Å². The zero-order chi connectivity index (χ0) is 14.0. The second-order valence-corrected chi connectivity index (χ2v) is 5.28. The molecule has 1 N–H and O–H groups in total. The Morgan fingerprint density at radius 2 is 1.89 bits per heavy atom. The van der Waals surface area contributed by atoms with Gasteiger partial charge in [-0.2, -0.15) is 0 Å². The molecule has 19 heavy (non-hydrogen) atoms. The summed E-state index contributed by atoms with van der Waals surface area (Å²) >= 11 is 12.1. The Balaban J connectivity index is 2.25. The van der Waals surface area contributed by atoms with E-state index in [2.05, 4.69) is 5.32 Å². The number of benzene rings is 2. The number of hydrogen-bond acceptors (Lipinski definition) is 1. The first-order chi connectivity index (χ1) is 8.99. The maximum absolute atomic E-state index is 13.8. The highest BCUT2D eigenvalue weighted by atomic mass is 35.5. The van der Waals surface area contributed by atoms with Crippen molar-refractivity contribution in [3.63, 3.8) is 0 Å². The Hall–Kier alpha value is -1.25. The lowest BCUT2D eigenvalue weighted by molar-refractivity contribution is 0.626. The molecule has 0 aliphatic rings. The number of halogens is 3. The van der Waals surface area contributed by atoms with Crippen molar-refractivity contribution < 1.29 is 4.39 Å². The van der Waals surface area contributed by atoms with Gasteiger partial charge in [-0.15, -0.1) is 0 Å². The molecule has 0 saturated heterocycles. The number of anilines is 1. The summed E-state index contributed by atoms with van der Waals surface area (Å²) in [7, 11) is 0. The van der Waals surface area contributed by atoms with E-state index in [1.807, 2.05) is 32.0 Å². The first-order valence-corrected chi connectivity index (χ1v) is 6.71. The highest BCUT2D eigenvalue weighted by molar-refractivity contribution is 6.42. The summed E-state index contributed by atoms with van der Waals surface area (Å²) in [4.78, 5) is 0. The molecule has 1 unspecified atom stereocenters. The maximum Gasteiger partial charge on any atom is 0.146 e. The standard InChI is InChI=1S/C15H14Cl2FN/c1-9-6-7-14(13(18)8-9)19-10(2)11-4-3-5-12(16)15(11)17/h3-8,10,19H,1-2H3. The summed E-state index contributed by atoms with van der Waals surface area (Å²) in [6.45, 7) is 3.76. The quantitative estimate of drug-likeness (QED) is 0.776. The zero-order valence-corrected chi connectivity index (χ0v) is 12.2. The first-order valence-electron chi connectivity index (χ1n) is 5.95. The van der Waals surface area contributed by atoms with Gasteiger partial charge < -0.3 is 5.32 Å². The molecule has 2 rings (SSSR count). The molecule has 0 radical (unpaired) electrons. The molecule has 0 bridgehead atoms. The predicted octanol–water partition coefficient (Wildman–Crippen LogP) is 5.61. The fourth-order valence-corrected chi connectivity index (χ4v) is 2.37. The van der Waals surface area contributed by atoms with Gasteiger partial charge in [0.2, 0.25) is 0 Å². The van der Waals surface area contributed by atoms with E-state index in [1.165, 1.54) is 6.07 Å². The third kappa shape index (κ3) is 3.20. The van der Waals surface area contributed by atoms with Crippen molar-refractivity contribution in [3.8, 4) is 0 Å². The van der Waals surface area contributed by atoms with Crippen molar-refractivity contribution in [1.82, 2.24) is 0 Å². The molecule has 1 atom stereocenters. The van der Waals surface area contributed by atoms with E-state index in [1.54, 1.807) is 12.1 Å². The van der Waals surface area contributed by atoms with Crippen LogP contribution < -0.4 is 5.32 Å². The van der Waals surface area contributed by atoms with Crippen LogP contribution in [-0.2, 0) is 0 Å². The summed E-state index contributed by atoms with van der Waals surface area (Å²) < 4.78 is 13.8. The molecule has 0 amide bonds. The van der Waals surface area contributed by atoms with Gasteiger partial charge in [0, 0.05) is 0 Å². The SMILES string of the molecule is Cc1ccc(NC(C)c2cccc(Cl)c2Cl)c(F)c1. The minimum Gasteiger partial charge on any atom is -0.376 e. The second-order valence-electron chi connectivity index (χ2n) is 4.49. The summed E-state index contributed by atoms with van der Waals surface area (Å²) in [5.74, 6) is -0.273. The summed E-state index contributed by atoms with van der Waals surface area (Å²) in [5, 5.41) is 4.10. The largest absolute Gasteiger partial charge is 0.376 e. The average molecular weight is 298 g/mol. The van der Waals surface area contributed by atoms with Crippen LogP contribution in [-0.4, -0.2) is 0 Å². The zero-order valence-electron chi connectivity index (χ0n) is 10.7. The van der Waals surface area contributed by atoms with Gasteiger partial charge in [-0.25, -0.2) is 4.39 Å². The highest BCUT2D eigenvalue weighted by Crippen LogP contribution is 2.32. The van der Waals surface area contributed by atoms with E-state index < -0.39 is 0 Å². The molecule has 0 aliphatic carbocycles. The number of hydrogen-bond donors (Lipinski definition) is 1. The summed E-state index contributed by atoms with van der Waals surface area (Å²) in [6, 6.07) is 10.4. The van der Waals surface area contributed by atoms with Crippen molar-refractivity contribution in [2.24, 2.45) is 0 Å². The fraction of sp³-hybridized carbons (Fsp3) is 0.200. The Bertz CT molecular complexity index is 599. The molecule has 0 heterocycles. The van der Waals surface area contributed by atoms with Crippen LogP contribution in [0.3, 0.4) is 0 Å². The normalized spacial score (nSPS) is 12.3. The van der Waals surface area contributed by atoms with Crippen LogP contribution in [0.2, 0.25) is 10.0 Å². The van der Waals surface area contributed by atoms with E-state index in [0.717, 1.165) is 11.1 Å². The van der Waals surface area contributed by atoms with Gasteiger partial charge in [0.15, 0.2) is 0 Å². The lowest BCUT2D eigenvalue weighted by Crippen LogP contribution is -2.08. The van der Waals surface area contributed by atoms with Crippen LogP contribution >= 0.6 is 23.2 Å². The fourth-order valence-electron chi connectivity index (χ4n) is 1.90. The van der Waals surface area contributed by atoms with Crippen LogP contribution in [0.1, 0.15) is 24.1 Å². The van der Waals surface area contributed by atoms with E-state index in [4.69, 9.17) is 23.2 Å². The number of aryl methyl sites for hydroxylation is 1. The van der Waals surface area contributed by atoms with Gasteiger partial charge in [-0.1, -0.05) is 41.4 Å². The lowest BCUT2D eigenvalue weighted by Gasteiger charge is -2.18. The molecular formula is C15H14Cl2FN. The molecule has 2 aromatic carbocycles. The third-order valence-electron chi connectivity index (χ3n) is 2.94. The first kappa shape index (κ1) is 14.2. The molecular weight excluding hydrogens is 284 g/mol. The Morgan fingerprint density at radius 3 is 2.58 bits per heavy atom. The molecule has 100 valence electrons. The Morgan fingerprint density at radius 1 is 1.16 bits per heavy atom. The van der Waals surface area contributed by atoms with E-state index in [-0.39, 0.29) is 11.9 Å². The predicted molar refractivity (Wildman–Crippen MR) is 79.6 cm³/mol. The van der Waals surface area contributed by atoms with E-state index in [0.29, 0.717) is 15.7 Å². The molecule has 0 fully saturated rings. The molecule has 0 aliphatic heterocycles. The minimum atomic E-state index is -0.273. The Labute approximate surface area is 122 Å². The monoisotopic (exact) mass is 297 g/mol. The lowest BCUT2D eigenvalue weighted by atomic mass is 10.1. The van der Waals surface area contributed by atoms with Crippen molar-refractivity contribution in [3.05, 3.63) is 63.4 Å². The maximum atomic E-state index is 13.8. The number of nitrogens with one attached hydrogen (secondary N) is 1. The van der Waals surface area contributed by atoms with Crippen molar-refractivity contribution in [1.29, 1.82) is 0 Å². The third-order valence-corrected chi connectivity index (χ3v) is 3.78. The van der Waals surface area contributed by atoms with Crippen LogP contribution in [0.4, 0.5) is 10.1 Å². The summed E-state index contributed by atoms with van der Waals surface area (Å²) in [5.41, 5.74) is 2.18. The van der Waals surface area contributed by atoms with Crippen LogP contribution in [0.25, 0.3) is 0 Å². The van der Waals surface area contributed by atoms with Crippen molar-refractivity contribution in [2.45, 2.75) is 19.9 Å². The van der Waals surface area contributed by atoms with E-state index >= 15 is 0 Å². The van der Waals surface area contributed by atoms with Crippen molar-refractivity contribution in [2.75, 3.05) is 5.32 Å². The van der Waals surface area contributed by atoms with Gasteiger partial charge in [0.25, 0.3) is 0 Å². The van der Waals surface area contributed by atoms with Gasteiger partial charge in [0.1, 0.15) is 5.82 Å². The Kier molecular flexibility index (Phi) is 4.33. The smallest absolute Gasteiger partial charge is 0.146 e. The number of rotatable bonds is 3. The van der Waals surface area contributed by atoms with Gasteiger partial charge in [-0.05, 0) is 43.2 Å². The summed E-state index contributed by atoms with van der Waals surface area (Å²) in [6.07, 6.45) is 0. The minimum absolute atomic E-state index is 0.136. The molecule has 1 nitrogen and oxygen atoms in total. The molecule has 0 saturated carbocycles. The molecule has 0 spiro atoms. The molecule has 0 aromatic heterocycles. The van der Waals surface area contributed by atoms with Crippen LogP contribution in [0.5, 0.6) is 0 Å². The highest BCUT2D eigenvalue weighted by Gasteiger charge is 2.13. The second kappa shape index (κ2) is 5.81.